The summed E-state index contributed by atoms with van der Waals surface area (Å²) in [6.45, 7) is 13.9. The monoisotopic (exact) mass is 272 g/mol. The highest BCUT2D eigenvalue weighted by molar-refractivity contribution is 5.85. The summed E-state index contributed by atoms with van der Waals surface area (Å²) >= 11 is 0. The molecule has 0 aliphatic carbocycles. The first-order valence-corrected chi connectivity index (χ1v) is 6.80. The van der Waals surface area contributed by atoms with E-state index in [2.05, 4.69) is 31.4 Å². The van der Waals surface area contributed by atoms with Crippen LogP contribution in [0, 0.1) is 11.8 Å². The largest absolute Gasteiger partial charge is 0.444 e. The molecule has 0 saturated heterocycles. The summed E-state index contributed by atoms with van der Waals surface area (Å²) in [5, 5.41) is 5.34. The van der Waals surface area contributed by atoms with Crippen LogP contribution in [0.4, 0.5) is 4.79 Å². The Morgan fingerprint density at radius 1 is 1.11 bits per heavy atom. The van der Waals surface area contributed by atoms with Gasteiger partial charge in [0.25, 0.3) is 0 Å². The third-order valence-electron chi connectivity index (χ3n) is 2.86. The second kappa shape index (κ2) is 7.36. The van der Waals surface area contributed by atoms with Crippen LogP contribution in [0.5, 0.6) is 0 Å². The van der Waals surface area contributed by atoms with Crippen molar-refractivity contribution < 1.29 is 14.3 Å². The zero-order chi connectivity index (χ0) is 15.2. The second-order valence-corrected chi connectivity index (χ2v) is 6.33. The van der Waals surface area contributed by atoms with E-state index in [-0.39, 0.29) is 5.91 Å². The molecule has 5 heteroatoms. The van der Waals surface area contributed by atoms with E-state index in [1.54, 1.807) is 27.7 Å². The minimum absolute atomic E-state index is 0.196. The number of hydrogen-bond acceptors (Lipinski definition) is 3. The summed E-state index contributed by atoms with van der Waals surface area (Å²) in [6.07, 6.45) is -0.577. The van der Waals surface area contributed by atoms with Crippen molar-refractivity contribution in [1.29, 1.82) is 0 Å². The molecule has 0 aliphatic rings. The van der Waals surface area contributed by atoms with E-state index in [9.17, 15) is 9.59 Å². The van der Waals surface area contributed by atoms with Crippen LogP contribution in [0.15, 0.2) is 0 Å². The summed E-state index contributed by atoms with van der Waals surface area (Å²) in [5.74, 6) is 0.713. The van der Waals surface area contributed by atoms with E-state index in [4.69, 9.17) is 4.74 Å². The number of ether oxygens (including phenoxy) is 1. The van der Waals surface area contributed by atoms with E-state index >= 15 is 0 Å². The maximum absolute atomic E-state index is 11.8. The number of amides is 2. The molecule has 2 amide bonds. The van der Waals surface area contributed by atoms with Crippen molar-refractivity contribution in [3.05, 3.63) is 0 Å². The van der Waals surface area contributed by atoms with Crippen molar-refractivity contribution in [3.63, 3.8) is 0 Å². The van der Waals surface area contributed by atoms with Crippen LogP contribution in [-0.4, -0.2) is 30.2 Å². The van der Waals surface area contributed by atoms with Crippen molar-refractivity contribution >= 4 is 12.0 Å². The zero-order valence-corrected chi connectivity index (χ0v) is 13.2. The molecule has 2 unspecified atom stereocenters. The highest BCUT2D eigenvalue weighted by atomic mass is 16.6. The van der Waals surface area contributed by atoms with Crippen LogP contribution in [0.25, 0.3) is 0 Å². The average Bonchev–Trinajstić information content (AvgIpc) is 2.21. The number of carbonyl (C=O) groups is 2. The molecule has 0 spiro atoms. The average molecular weight is 272 g/mol. The molecule has 5 nitrogen and oxygen atoms in total. The lowest BCUT2D eigenvalue weighted by Crippen LogP contribution is -2.47. The van der Waals surface area contributed by atoms with Crippen LogP contribution in [0.1, 0.15) is 48.5 Å². The molecule has 2 N–H and O–H groups in total. The molecule has 0 aromatic carbocycles. The first-order valence-electron chi connectivity index (χ1n) is 6.80. The molecule has 0 fully saturated rings. The highest BCUT2D eigenvalue weighted by Gasteiger charge is 2.21. The van der Waals surface area contributed by atoms with Gasteiger partial charge in [0, 0.05) is 6.54 Å². The molecular weight excluding hydrogens is 244 g/mol. The third-order valence-corrected chi connectivity index (χ3v) is 2.86. The Morgan fingerprint density at radius 2 is 1.63 bits per heavy atom. The van der Waals surface area contributed by atoms with Crippen LogP contribution in [0.2, 0.25) is 0 Å². The summed E-state index contributed by atoms with van der Waals surface area (Å²) in [6, 6.07) is -0.603. The molecule has 0 radical (unpaired) electrons. The lowest BCUT2D eigenvalue weighted by molar-refractivity contribution is -0.123. The lowest BCUT2D eigenvalue weighted by Gasteiger charge is -2.22. The highest BCUT2D eigenvalue weighted by Crippen LogP contribution is 2.08. The van der Waals surface area contributed by atoms with Gasteiger partial charge >= 0.3 is 6.09 Å². The molecule has 19 heavy (non-hydrogen) atoms. The normalized spacial score (nSPS) is 14.7. The van der Waals surface area contributed by atoms with Gasteiger partial charge in [-0.15, -0.1) is 0 Å². The Labute approximate surface area is 116 Å². The molecule has 0 saturated carbocycles. The van der Waals surface area contributed by atoms with Gasteiger partial charge in [-0.3, -0.25) is 4.79 Å². The smallest absolute Gasteiger partial charge is 0.408 e. The maximum Gasteiger partial charge on any atom is 0.408 e. The van der Waals surface area contributed by atoms with Gasteiger partial charge in [0.15, 0.2) is 0 Å². The maximum atomic E-state index is 11.8. The lowest BCUT2D eigenvalue weighted by atomic mass is 9.98. The zero-order valence-electron chi connectivity index (χ0n) is 13.2. The van der Waals surface area contributed by atoms with Crippen molar-refractivity contribution in [3.8, 4) is 0 Å². The van der Waals surface area contributed by atoms with Gasteiger partial charge in [-0.2, -0.15) is 0 Å². The Bertz CT molecular complexity index is 308. The minimum Gasteiger partial charge on any atom is -0.444 e. The summed E-state index contributed by atoms with van der Waals surface area (Å²) in [7, 11) is 0. The predicted molar refractivity (Wildman–Crippen MR) is 75.8 cm³/mol. The van der Waals surface area contributed by atoms with Gasteiger partial charge in [0.05, 0.1) is 0 Å². The van der Waals surface area contributed by atoms with Crippen LogP contribution in [-0.2, 0) is 9.53 Å². The van der Waals surface area contributed by atoms with E-state index < -0.39 is 17.7 Å². The van der Waals surface area contributed by atoms with Crippen LogP contribution in [0.3, 0.4) is 0 Å². The Balaban J connectivity index is 4.10. The fourth-order valence-electron chi connectivity index (χ4n) is 1.20. The van der Waals surface area contributed by atoms with Gasteiger partial charge in [-0.25, -0.2) is 4.79 Å². The van der Waals surface area contributed by atoms with Crippen molar-refractivity contribution in [2.45, 2.75) is 60.1 Å². The van der Waals surface area contributed by atoms with E-state index in [1.165, 1.54) is 0 Å². The summed E-state index contributed by atoms with van der Waals surface area (Å²) in [5.41, 5.74) is -0.563. The van der Waals surface area contributed by atoms with E-state index in [0.29, 0.717) is 18.4 Å². The first-order chi connectivity index (χ1) is 8.53. The Kier molecular flexibility index (Phi) is 6.87. The molecule has 0 aliphatic heterocycles. The minimum atomic E-state index is -0.603. The topological polar surface area (TPSA) is 67.4 Å². The summed E-state index contributed by atoms with van der Waals surface area (Å²) in [4.78, 5) is 23.3. The summed E-state index contributed by atoms with van der Waals surface area (Å²) < 4.78 is 5.09. The number of alkyl carbamates (subject to hydrolysis) is 1. The van der Waals surface area contributed by atoms with Gasteiger partial charge in [0.2, 0.25) is 5.91 Å². The van der Waals surface area contributed by atoms with E-state index in [0.717, 1.165) is 0 Å². The number of rotatable bonds is 5. The van der Waals surface area contributed by atoms with Crippen molar-refractivity contribution in [1.82, 2.24) is 10.6 Å². The van der Waals surface area contributed by atoms with Gasteiger partial charge in [-0.1, -0.05) is 20.8 Å². The van der Waals surface area contributed by atoms with Crippen LogP contribution < -0.4 is 10.6 Å². The second-order valence-electron chi connectivity index (χ2n) is 6.33. The number of hydrogen-bond donors (Lipinski definition) is 2. The number of carbonyl (C=O) groups excluding carboxylic acids is 2. The quantitative estimate of drug-likeness (QED) is 0.807. The fraction of sp³-hybridized carbons (Fsp3) is 0.857. The molecule has 0 aromatic rings. The Morgan fingerprint density at radius 3 is 2.05 bits per heavy atom. The van der Waals surface area contributed by atoms with Crippen molar-refractivity contribution in [2.75, 3.05) is 6.54 Å². The first kappa shape index (κ1) is 17.7. The molecule has 0 bridgehead atoms. The third kappa shape index (κ3) is 8.46. The number of nitrogens with one attached hydrogen (secondary N) is 2. The predicted octanol–water partition coefficient (Wildman–Crippen LogP) is 2.31. The molecule has 0 aromatic heterocycles. The molecule has 112 valence electrons. The Hall–Kier alpha value is -1.26. The van der Waals surface area contributed by atoms with Gasteiger partial charge < -0.3 is 15.4 Å². The molecular formula is C14H28N2O3. The SMILES string of the molecule is CC(NC(=O)OC(C)(C)C)C(=O)NCC(C)C(C)C. The van der Waals surface area contributed by atoms with Crippen LogP contribution >= 0.6 is 0 Å². The molecule has 0 rings (SSSR count). The standard InChI is InChI=1S/C14H28N2O3/c1-9(2)10(3)8-15-12(17)11(4)16-13(18)19-14(5,6)7/h9-11H,8H2,1-7H3,(H,15,17)(H,16,18). The van der Waals surface area contributed by atoms with Gasteiger partial charge in [-0.05, 0) is 39.5 Å². The van der Waals surface area contributed by atoms with E-state index in [1.807, 2.05) is 0 Å². The fourth-order valence-corrected chi connectivity index (χ4v) is 1.20. The van der Waals surface area contributed by atoms with Gasteiger partial charge in [0.1, 0.15) is 11.6 Å². The molecule has 0 heterocycles. The molecule has 2 atom stereocenters. The van der Waals surface area contributed by atoms with Crippen molar-refractivity contribution in [2.24, 2.45) is 11.8 Å².